The number of H-pyrrole nitrogens is 1. The Bertz CT molecular complexity index is 897. The van der Waals surface area contributed by atoms with Gasteiger partial charge in [-0.15, -0.1) is 0 Å². The summed E-state index contributed by atoms with van der Waals surface area (Å²) in [5.74, 6) is 0.0787. The molecule has 0 saturated carbocycles. The summed E-state index contributed by atoms with van der Waals surface area (Å²) in [5, 5.41) is 5.94. The van der Waals surface area contributed by atoms with Crippen molar-refractivity contribution in [1.82, 2.24) is 19.7 Å². The first-order valence-electron chi connectivity index (χ1n) is 8.18. The van der Waals surface area contributed by atoms with Crippen molar-refractivity contribution in [2.24, 2.45) is 0 Å². The van der Waals surface area contributed by atoms with E-state index >= 15 is 0 Å². The highest BCUT2D eigenvalue weighted by Crippen LogP contribution is 2.27. The summed E-state index contributed by atoms with van der Waals surface area (Å²) in [6.07, 6.45) is 7.71. The molecule has 3 heterocycles. The molecular weight excluding hydrogens is 324 g/mol. The number of fused-ring (bicyclic) bond motifs is 1. The summed E-state index contributed by atoms with van der Waals surface area (Å²) in [6, 6.07) is 5.77. The fraction of sp³-hybridized carbons (Fsp3) is 0.333. The fourth-order valence-electron chi connectivity index (χ4n) is 3.51. The van der Waals surface area contributed by atoms with Gasteiger partial charge in [0.1, 0.15) is 0 Å². The molecule has 1 saturated heterocycles. The minimum absolute atomic E-state index is 0.0787. The maximum atomic E-state index is 13.1. The van der Waals surface area contributed by atoms with Gasteiger partial charge in [-0.25, -0.2) is 0 Å². The second-order valence-corrected chi connectivity index (χ2v) is 6.86. The highest BCUT2D eigenvalue weighted by molar-refractivity contribution is 6.31. The van der Waals surface area contributed by atoms with E-state index in [1.165, 1.54) is 0 Å². The predicted octanol–water partition coefficient (Wildman–Crippen LogP) is 3.63. The minimum Gasteiger partial charge on any atom is -0.360 e. The number of rotatable bonds is 3. The lowest BCUT2D eigenvalue weighted by Crippen LogP contribution is -2.38. The summed E-state index contributed by atoms with van der Waals surface area (Å²) in [7, 11) is 0. The average Bonchev–Trinajstić information content (AvgIpc) is 3.27. The Morgan fingerprint density at radius 3 is 3.12 bits per heavy atom. The number of aryl methyl sites for hydroxylation is 1. The van der Waals surface area contributed by atoms with E-state index in [0.717, 1.165) is 42.4 Å². The minimum atomic E-state index is 0.0787. The number of halogens is 1. The maximum absolute atomic E-state index is 13.1. The van der Waals surface area contributed by atoms with Gasteiger partial charge in [0.15, 0.2) is 0 Å². The van der Waals surface area contributed by atoms with Crippen LogP contribution in [0.4, 0.5) is 0 Å². The maximum Gasteiger partial charge on any atom is 0.256 e. The Morgan fingerprint density at radius 1 is 1.46 bits per heavy atom. The van der Waals surface area contributed by atoms with Gasteiger partial charge in [-0.2, -0.15) is 5.10 Å². The molecule has 0 radical (unpaired) electrons. The lowest BCUT2D eigenvalue weighted by molar-refractivity contribution is 0.0723. The van der Waals surface area contributed by atoms with Crippen LogP contribution in [0.2, 0.25) is 5.02 Å². The normalized spacial score (nSPS) is 17.8. The van der Waals surface area contributed by atoms with E-state index in [1.54, 1.807) is 6.20 Å². The van der Waals surface area contributed by atoms with Crippen LogP contribution in [-0.2, 0) is 6.54 Å². The lowest BCUT2D eigenvalue weighted by atomic mass is 10.1. The average molecular weight is 343 g/mol. The van der Waals surface area contributed by atoms with Gasteiger partial charge in [-0.05, 0) is 37.5 Å². The highest BCUT2D eigenvalue weighted by atomic mass is 35.5. The molecule has 1 amide bonds. The first kappa shape index (κ1) is 15.3. The van der Waals surface area contributed by atoms with Crippen molar-refractivity contribution in [2.75, 3.05) is 6.54 Å². The second-order valence-electron chi connectivity index (χ2n) is 6.43. The molecule has 5 nitrogen and oxygen atoms in total. The molecule has 2 aromatic heterocycles. The summed E-state index contributed by atoms with van der Waals surface area (Å²) in [4.78, 5) is 18.2. The van der Waals surface area contributed by atoms with Gasteiger partial charge in [-0.3, -0.25) is 9.48 Å². The number of carbonyl (C=O) groups excluding carboxylic acids is 1. The monoisotopic (exact) mass is 342 g/mol. The number of aromatic nitrogens is 3. The van der Waals surface area contributed by atoms with Crippen LogP contribution < -0.4 is 0 Å². The molecule has 124 valence electrons. The number of nitrogens with one attached hydrogen (secondary N) is 1. The van der Waals surface area contributed by atoms with Crippen molar-refractivity contribution in [3.63, 3.8) is 0 Å². The SMILES string of the molecule is Cc1cnn(C[C@H]2CCCN2C(=O)c2c[nH]c3cc(Cl)ccc23)c1. The van der Waals surface area contributed by atoms with E-state index in [-0.39, 0.29) is 11.9 Å². The third kappa shape index (κ3) is 2.69. The number of amides is 1. The molecule has 0 unspecified atom stereocenters. The largest absolute Gasteiger partial charge is 0.360 e. The molecular formula is C18H19ClN4O. The van der Waals surface area contributed by atoms with Crippen LogP contribution in [0.15, 0.2) is 36.8 Å². The molecule has 0 aliphatic carbocycles. The summed E-state index contributed by atoms with van der Waals surface area (Å²) in [5.41, 5.74) is 2.74. The van der Waals surface area contributed by atoms with Crippen LogP contribution >= 0.6 is 11.6 Å². The zero-order chi connectivity index (χ0) is 16.7. The Balaban J connectivity index is 1.60. The van der Waals surface area contributed by atoms with Gasteiger partial charge >= 0.3 is 0 Å². The summed E-state index contributed by atoms with van der Waals surface area (Å²) < 4.78 is 1.93. The molecule has 6 heteroatoms. The molecule has 1 aromatic carbocycles. The van der Waals surface area contributed by atoms with Crippen molar-refractivity contribution < 1.29 is 4.79 Å². The second kappa shape index (κ2) is 5.98. The zero-order valence-corrected chi connectivity index (χ0v) is 14.3. The van der Waals surface area contributed by atoms with E-state index in [9.17, 15) is 4.79 Å². The summed E-state index contributed by atoms with van der Waals surface area (Å²) >= 11 is 6.02. The van der Waals surface area contributed by atoms with Crippen molar-refractivity contribution in [3.8, 4) is 0 Å². The molecule has 24 heavy (non-hydrogen) atoms. The number of hydrogen-bond acceptors (Lipinski definition) is 2. The number of benzene rings is 1. The van der Waals surface area contributed by atoms with Crippen LogP contribution in [0.1, 0.15) is 28.8 Å². The van der Waals surface area contributed by atoms with Gasteiger partial charge in [0.2, 0.25) is 0 Å². The molecule has 1 fully saturated rings. The van der Waals surface area contributed by atoms with Crippen LogP contribution in [0.3, 0.4) is 0 Å². The van der Waals surface area contributed by atoms with E-state index in [2.05, 4.69) is 10.1 Å². The van der Waals surface area contributed by atoms with Gasteiger partial charge < -0.3 is 9.88 Å². The third-order valence-corrected chi connectivity index (χ3v) is 4.91. The van der Waals surface area contributed by atoms with Gasteiger partial charge in [-0.1, -0.05) is 17.7 Å². The van der Waals surface area contributed by atoms with E-state index in [0.29, 0.717) is 10.6 Å². The Morgan fingerprint density at radius 2 is 2.33 bits per heavy atom. The standard InChI is InChI=1S/C18H19ClN4O/c1-12-8-21-22(10-12)11-14-3-2-6-23(14)18(24)16-9-20-17-7-13(19)4-5-15(16)17/h4-5,7-10,14,20H,2-3,6,11H2,1H3/t14-/m1/s1. The molecule has 0 bridgehead atoms. The van der Waals surface area contributed by atoms with Crippen LogP contribution in [0, 0.1) is 6.92 Å². The summed E-state index contributed by atoms with van der Waals surface area (Å²) in [6.45, 7) is 3.57. The number of carbonyl (C=O) groups is 1. The number of aromatic amines is 1. The number of nitrogens with zero attached hydrogens (tertiary/aromatic N) is 3. The van der Waals surface area contributed by atoms with Crippen molar-refractivity contribution in [2.45, 2.75) is 32.4 Å². The van der Waals surface area contributed by atoms with Crippen molar-refractivity contribution in [3.05, 3.63) is 52.9 Å². The topological polar surface area (TPSA) is 53.9 Å². The van der Waals surface area contributed by atoms with E-state index < -0.39 is 0 Å². The van der Waals surface area contributed by atoms with Crippen LogP contribution in [-0.4, -0.2) is 38.2 Å². The molecule has 1 atom stereocenters. The molecule has 3 aromatic rings. The van der Waals surface area contributed by atoms with Gasteiger partial charge in [0, 0.05) is 34.9 Å². The Labute approximate surface area is 145 Å². The Hall–Kier alpha value is -2.27. The molecule has 4 rings (SSSR count). The third-order valence-electron chi connectivity index (χ3n) is 4.67. The number of hydrogen-bond donors (Lipinski definition) is 1. The molecule has 1 aliphatic heterocycles. The van der Waals surface area contributed by atoms with Gasteiger partial charge in [0.25, 0.3) is 5.91 Å². The quantitative estimate of drug-likeness (QED) is 0.790. The van der Waals surface area contributed by atoms with Crippen LogP contribution in [0.25, 0.3) is 10.9 Å². The first-order chi connectivity index (χ1) is 11.6. The number of likely N-dealkylation sites (tertiary alicyclic amines) is 1. The smallest absolute Gasteiger partial charge is 0.256 e. The Kier molecular flexibility index (Phi) is 3.81. The molecule has 1 N–H and O–H groups in total. The zero-order valence-electron chi connectivity index (χ0n) is 13.5. The molecule has 0 spiro atoms. The predicted molar refractivity (Wildman–Crippen MR) is 94.3 cm³/mol. The van der Waals surface area contributed by atoms with Gasteiger partial charge in [0.05, 0.1) is 24.3 Å². The fourth-order valence-corrected chi connectivity index (χ4v) is 3.68. The van der Waals surface area contributed by atoms with Crippen molar-refractivity contribution >= 4 is 28.4 Å². The van der Waals surface area contributed by atoms with Crippen molar-refractivity contribution in [1.29, 1.82) is 0 Å². The molecule has 1 aliphatic rings. The highest BCUT2D eigenvalue weighted by Gasteiger charge is 2.31. The van der Waals surface area contributed by atoms with Crippen LogP contribution in [0.5, 0.6) is 0 Å². The van der Waals surface area contributed by atoms with E-state index in [1.807, 2.05) is 47.1 Å². The lowest BCUT2D eigenvalue weighted by Gasteiger charge is -2.24. The van der Waals surface area contributed by atoms with E-state index in [4.69, 9.17) is 11.6 Å². The first-order valence-corrected chi connectivity index (χ1v) is 8.56.